The van der Waals surface area contributed by atoms with Gasteiger partial charge in [0, 0.05) is 49.8 Å². The number of ether oxygens (including phenoxy) is 1. The average Bonchev–Trinajstić information content (AvgIpc) is 3.08. The first-order valence-corrected chi connectivity index (χ1v) is 7.11. The molecule has 20 heavy (non-hydrogen) atoms. The Bertz CT molecular complexity index is 561. The summed E-state index contributed by atoms with van der Waals surface area (Å²) in [5, 5.41) is 4.32. The van der Waals surface area contributed by atoms with Crippen LogP contribution in [0.2, 0.25) is 0 Å². The number of imidazole rings is 1. The lowest BCUT2D eigenvalue weighted by molar-refractivity contribution is -0.0368. The number of hydrogen-bond acceptors (Lipinski definition) is 4. The number of aromatic nitrogens is 4. The molecule has 2 aromatic heterocycles. The first-order valence-electron chi connectivity index (χ1n) is 7.11. The summed E-state index contributed by atoms with van der Waals surface area (Å²) in [6, 6.07) is 0. The third-order valence-corrected chi connectivity index (χ3v) is 3.59. The summed E-state index contributed by atoms with van der Waals surface area (Å²) in [7, 11) is 0. The molecule has 0 bridgehead atoms. The molecular formula is C14H21N5O. The largest absolute Gasteiger partial charge is 0.368 e. The molecule has 1 N–H and O–H groups in total. The van der Waals surface area contributed by atoms with Crippen molar-refractivity contribution in [1.29, 1.82) is 0 Å². The Hall–Kier alpha value is -1.66. The van der Waals surface area contributed by atoms with Gasteiger partial charge in [-0.2, -0.15) is 5.10 Å². The summed E-state index contributed by atoms with van der Waals surface area (Å²) in [5.41, 5.74) is 2.33. The smallest absolute Gasteiger partial charge is 0.136 e. The van der Waals surface area contributed by atoms with Crippen LogP contribution in [-0.2, 0) is 17.8 Å². The van der Waals surface area contributed by atoms with Crippen molar-refractivity contribution in [1.82, 2.24) is 24.6 Å². The van der Waals surface area contributed by atoms with Gasteiger partial charge in [-0.05, 0) is 13.8 Å². The van der Waals surface area contributed by atoms with Crippen LogP contribution in [0.4, 0.5) is 0 Å². The van der Waals surface area contributed by atoms with Gasteiger partial charge < -0.3 is 9.72 Å². The van der Waals surface area contributed by atoms with Gasteiger partial charge in [0.25, 0.3) is 0 Å². The van der Waals surface area contributed by atoms with Crippen LogP contribution in [0.3, 0.4) is 0 Å². The van der Waals surface area contributed by atoms with Gasteiger partial charge in [0.05, 0.1) is 12.8 Å². The molecule has 2 aromatic rings. The maximum absolute atomic E-state index is 5.82. The zero-order valence-electron chi connectivity index (χ0n) is 12.0. The topological polar surface area (TPSA) is 59.0 Å². The summed E-state index contributed by atoms with van der Waals surface area (Å²) in [6.07, 6.45) is 5.95. The molecule has 1 atom stereocenters. The van der Waals surface area contributed by atoms with E-state index in [1.54, 1.807) is 0 Å². The fourth-order valence-electron chi connectivity index (χ4n) is 2.53. The van der Waals surface area contributed by atoms with Gasteiger partial charge in [-0.25, -0.2) is 4.98 Å². The van der Waals surface area contributed by atoms with E-state index in [-0.39, 0.29) is 6.10 Å². The summed E-state index contributed by atoms with van der Waals surface area (Å²) in [4.78, 5) is 10.0. The van der Waals surface area contributed by atoms with E-state index < -0.39 is 0 Å². The zero-order valence-corrected chi connectivity index (χ0v) is 12.0. The van der Waals surface area contributed by atoms with Crippen molar-refractivity contribution in [2.45, 2.75) is 33.0 Å². The molecule has 1 aliphatic rings. The average molecular weight is 275 g/mol. The molecule has 6 heteroatoms. The number of morpholine rings is 1. The van der Waals surface area contributed by atoms with Crippen molar-refractivity contribution in [3.8, 4) is 0 Å². The second kappa shape index (κ2) is 5.76. The van der Waals surface area contributed by atoms with Crippen LogP contribution in [0.1, 0.15) is 30.1 Å². The van der Waals surface area contributed by atoms with Gasteiger partial charge in [0.15, 0.2) is 0 Å². The molecule has 1 saturated heterocycles. The first-order chi connectivity index (χ1) is 9.74. The predicted molar refractivity (Wildman–Crippen MR) is 75.2 cm³/mol. The SMILES string of the molecule is CCn1cc(CN2CCO[C@@H](c3ncc(C)[nH]3)C2)cn1. The Morgan fingerprint density at radius 3 is 3.05 bits per heavy atom. The van der Waals surface area contributed by atoms with Gasteiger partial charge in [-0.15, -0.1) is 0 Å². The Labute approximate surface area is 118 Å². The third-order valence-electron chi connectivity index (χ3n) is 3.59. The lowest BCUT2D eigenvalue weighted by atomic mass is 10.2. The molecular weight excluding hydrogens is 254 g/mol. The van der Waals surface area contributed by atoms with Crippen molar-refractivity contribution in [3.63, 3.8) is 0 Å². The normalized spacial score (nSPS) is 20.4. The highest BCUT2D eigenvalue weighted by atomic mass is 16.5. The van der Waals surface area contributed by atoms with Crippen molar-refractivity contribution in [2.75, 3.05) is 19.7 Å². The van der Waals surface area contributed by atoms with E-state index in [1.165, 1.54) is 5.56 Å². The van der Waals surface area contributed by atoms with Gasteiger partial charge in [-0.3, -0.25) is 9.58 Å². The van der Waals surface area contributed by atoms with Crippen LogP contribution in [0, 0.1) is 6.92 Å². The molecule has 3 heterocycles. The van der Waals surface area contributed by atoms with Crippen LogP contribution in [0.5, 0.6) is 0 Å². The fourth-order valence-corrected chi connectivity index (χ4v) is 2.53. The van der Waals surface area contributed by atoms with Crippen LogP contribution >= 0.6 is 0 Å². The van der Waals surface area contributed by atoms with E-state index in [4.69, 9.17) is 4.74 Å². The molecule has 0 aliphatic carbocycles. The standard InChI is InChI=1S/C14H21N5O/c1-3-19-9-12(7-16-19)8-18-4-5-20-13(10-18)14-15-6-11(2)17-14/h6-7,9,13H,3-5,8,10H2,1-2H3,(H,15,17)/t13-/m1/s1. The van der Waals surface area contributed by atoms with Crippen molar-refractivity contribution in [2.24, 2.45) is 0 Å². The van der Waals surface area contributed by atoms with E-state index in [9.17, 15) is 0 Å². The second-order valence-corrected chi connectivity index (χ2v) is 5.25. The highest BCUT2D eigenvalue weighted by molar-refractivity contribution is 5.06. The fraction of sp³-hybridized carbons (Fsp3) is 0.571. The zero-order chi connectivity index (χ0) is 13.9. The summed E-state index contributed by atoms with van der Waals surface area (Å²) in [5.74, 6) is 0.927. The number of aromatic amines is 1. The summed E-state index contributed by atoms with van der Waals surface area (Å²) < 4.78 is 7.78. The van der Waals surface area contributed by atoms with Crippen molar-refractivity contribution in [3.05, 3.63) is 35.7 Å². The van der Waals surface area contributed by atoms with Gasteiger partial charge >= 0.3 is 0 Å². The van der Waals surface area contributed by atoms with Crippen LogP contribution < -0.4 is 0 Å². The highest BCUT2D eigenvalue weighted by Gasteiger charge is 2.24. The molecule has 108 valence electrons. The van der Waals surface area contributed by atoms with Gasteiger partial charge in [0.1, 0.15) is 11.9 Å². The molecule has 6 nitrogen and oxygen atoms in total. The lowest BCUT2D eigenvalue weighted by Crippen LogP contribution is -2.38. The van der Waals surface area contributed by atoms with Crippen LogP contribution in [0.15, 0.2) is 18.6 Å². The van der Waals surface area contributed by atoms with Crippen LogP contribution in [0.25, 0.3) is 0 Å². The number of nitrogens with one attached hydrogen (secondary N) is 1. The predicted octanol–water partition coefficient (Wildman–Crippen LogP) is 1.51. The van der Waals surface area contributed by atoms with E-state index in [0.717, 1.165) is 44.3 Å². The van der Waals surface area contributed by atoms with E-state index in [1.807, 2.05) is 24.0 Å². The molecule has 1 fully saturated rings. The molecule has 3 rings (SSSR count). The quantitative estimate of drug-likeness (QED) is 0.919. The Morgan fingerprint density at radius 1 is 1.45 bits per heavy atom. The number of nitrogens with zero attached hydrogens (tertiary/aromatic N) is 4. The minimum Gasteiger partial charge on any atom is -0.368 e. The van der Waals surface area contributed by atoms with E-state index in [0.29, 0.717) is 0 Å². The molecule has 0 unspecified atom stereocenters. The lowest BCUT2D eigenvalue weighted by Gasteiger charge is -2.31. The molecule has 0 amide bonds. The summed E-state index contributed by atoms with van der Waals surface area (Å²) in [6.45, 7) is 8.50. The molecule has 0 spiro atoms. The molecule has 0 saturated carbocycles. The molecule has 0 aromatic carbocycles. The Kier molecular flexibility index (Phi) is 3.84. The van der Waals surface area contributed by atoms with Crippen LogP contribution in [-0.4, -0.2) is 44.3 Å². The van der Waals surface area contributed by atoms with Gasteiger partial charge in [0.2, 0.25) is 0 Å². The van der Waals surface area contributed by atoms with Crippen molar-refractivity contribution >= 4 is 0 Å². The maximum Gasteiger partial charge on any atom is 0.136 e. The number of hydrogen-bond donors (Lipinski definition) is 1. The van der Waals surface area contributed by atoms with Crippen molar-refractivity contribution < 1.29 is 4.74 Å². The Balaban J connectivity index is 1.63. The number of H-pyrrole nitrogens is 1. The Morgan fingerprint density at radius 2 is 2.35 bits per heavy atom. The number of aryl methyl sites for hydroxylation is 2. The number of rotatable bonds is 4. The summed E-state index contributed by atoms with van der Waals surface area (Å²) >= 11 is 0. The van der Waals surface area contributed by atoms with Gasteiger partial charge in [-0.1, -0.05) is 0 Å². The van der Waals surface area contributed by atoms with E-state index in [2.05, 4.69) is 33.1 Å². The third kappa shape index (κ3) is 2.91. The minimum absolute atomic E-state index is 0.0404. The van der Waals surface area contributed by atoms with E-state index >= 15 is 0 Å². The monoisotopic (exact) mass is 275 g/mol. The maximum atomic E-state index is 5.82. The molecule has 1 aliphatic heterocycles. The first kappa shape index (κ1) is 13.3. The minimum atomic E-state index is 0.0404. The second-order valence-electron chi connectivity index (χ2n) is 5.25. The molecule has 0 radical (unpaired) electrons. The highest BCUT2D eigenvalue weighted by Crippen LogP contribution is 2.20.